The van der Waals surface area contributed by atoms with Crippen LogP contribution in [0.3, 0.4) is 0 Å². The van der Waals surface area contributed by atoms with Crippen LogP contribution in [-0.2, 0) is 9.53 Å². The number of amides is 2. The number of aliphatic carboxylic acids is 1. The van der Waals surface area contributed by atoms with Crippen LogP contribution >= 0.6 is 0 Å². The molecule has 1 saturated carbocycles. The summed E-state index contributed by atoms with van der Waals surface area (Å²) in [6.07, 6.45) is 4.02. The number of rotatable bonds is 3. The Morgan fingerprint density at radius 3 is 2.81 bits per heavy atom. The average molecular weight is 296 g/mol. The number of nitrogens with one attached hydrogen (secondary N) is 1. The van der Waals surface area contributed by atoms with Crippen molar-refractivity contribution in [1.82, 2.24) is 10.2 Å². The summed E-state index contributed by atoms with van der Waals surface area (Å²) in [5.74, 6) is -0.0314. The molecule has 0 aromatic carbocycles. The number of hydrogen-bond acceptors (Lipinski definition) is 3. The highest BCUT2D eigenvalue weighted by molar-refractivity contribution is 5.84. The summed E-state index contributed by atoms with van der Waals surface area (Å²) in [7, 11) is 0. The zero-order chi connectivity index (χ0) is 15.0. The highest BCUT2D eigenvalue weighted by Gasteiger charge is 2.49. The maximum Gasteiger partial charge on any atom is 0.326 e. The first-order valence-corrected chi connectivity index (χ1v) is 7.95. The van der Waals surface area contributed by atoms with Gasteiger partial charge in [0, 0.05) is 25.1 Å². The molecule has 0 aromatic heterocycles. The average Bonchev–Trinajstić information content (AvgIpc) is 3.14. The summed E-state index contributed by atoms with van der Waals surface area (Å²) in [6, 6.07) is -0.851. The first-order chi connectivity index (χ1) is 10.1. The molecule has 0 aromatic rings. The number of nitrogens with zero attached hydrogens (tertiary/aromatic N) is 1. The lowest BCUT2D eigenvalue weighted by Gasteiger charge is -2.28. The smallest absolute Gasteiger partial charge is 0.326 e. The topological polar surface area (TPSA) is 78.9 Å². The van der Waals surface area contributed by atoms with Crippen molar-refractivity contribution in [2.75, 3.05) is 19.8 Å². The van der Waals surface area contributed by atoms with Gasteiger partial charge in [-0.2, -0.15) is 0 Å². The van der Waals surface area contributed by atoms with Crippen LogP contribution in [-0.4, -0.2) is 53.8 Å². The molecule has 2 heterocycles. The van der Waals surface area contributed by atoms with E-state index < -0.39 is 12.0 Å². The fourth-order valence-corrected chi connectivity index (χ4v) is 4.17. The van der Waals surface area contributed by atoms with Gasteiger partial charge in [-0.15, -0.1) is 0 Å². The first-order valence-electron chi connectivity index (χ1n) is 7.95. The van der Waals surface area contributed by atoms with Gasteiger partial charge in [-0.25, -0.2) is 9.59 Å². The van der Waals surface area contributed by atoms with E-state index >= 15 is 0 Å². The molecule has 0 bridgehead atoms. The van der Waals surface area contributed by atoms with Gasteiger partial charge in [-0.1, -0.05) is 6.42 Å². The van der Waals surface area contributed by atoms with Gasteiger partial charge in [0.05, 0.1) is 6.61 Å². The molecule has 6 heteroatoms. The Morgan fingerprint density at radius 2 is 2.14 bits per heavy atom. The largest absolute Gasteiger partial charge is 0.480 e. The van der Waals surface area contributed by atoms with Crippen molar-refractivity contribution < 1.29 is 19.4 Å². The van der Waals surface area contributed by atoms with Gasteiger partial charge in [0.25, 0.3) is 0 Å². The Balaban J connectivity index is 1.64. The van der Waals surface area contributed by atoms with Crippen molar-refractivity contribution in [2.24, 2.45) is 17.8 Å². The second-order valence-electron chi connectivity index (χ2n) is 6.65. The van der Waals surface area contributed by atoms with Crippen LogP contribution in [0.25, 0.3) is 0 Å². The maximum atomic E-state index is 12.5. The van der Waals surface area contributed by atoms with E-state index in [1.807, 2.05) is 6.92 Å². The van der Waals surface area contributed by atoms with Gasteiger partial charge in [0.15, 0.2) is 0 Å². The van der Waals surface area contributed by atoms with Gasteiger partial charge in [-0.05, 0) is 38.0 Å². The SMILES string of the molecule is CC(NC(=O)N1CC2CCCC2C1C(=O)O)C1CCOC1. The third-order valence-electron chi connectivity index (χ3n) is 5.43. The standard InChI is InChI=1S/C15H24N2O4/c1-9(11-5-6-21-8-11)16-15(20)17-7-10-3-2-4-12(10)13(17)14(18)19/h9-13H,2-8H2,1H3,(H,16,20)(H,18,19). The van der Waals surface area contributed by atoms with Crippen LogP contribution in [0.2, 0.25) is 0 Å². The van der Waals surface area contributed by atoms with E-state index in [1.54, 1.807) is 4.90 Å². The molecule has 5 atom stereocenters. The van der Waals surface area contributed by atoms with E-state index in [4.69, 9.17) is 4.74 Å². The zero-order valence-electron chi connectivity index (χ0n) is 12.5. The Hall–Kier alpha value is -1.30. The molecule has 2 saturated heterocycles. The summed E-state index contributed by atoms with van der Waals surface area (Å²) in [6.45, 7) is 3.98. The molecule has 6 nitrogen and oxygen atoms in total. The van der Waals surface area contributed by atoms with Crippen LogP contribution in [0.5, 0.6) is 0 Å². The Bertz CT molecular complexity index is 422. The number of hydrogen-bond donors (Lipinski definition) is 2. The first kappa shape index (κ1) is 14.6. The summed E-state index contributed by atoms with van der Waals surface area (Å²) in [5.41, 5.74) is 0. The number of carbonyl (C=O) groups excluding carboxylic acids is 1. The number of carbonyl (C=O) groups is 2. The lowest BCUT2D eigenvalue weighted by Crippen LogP contribution is -2.51. The van der Waals surface area contributed by atoms with Gasteiger partial charge in [-0.3, -0.25) is 0 Å². The molecule has 2 aliphatic heterocycles. The van der Waals surface area contributed by atoms with Gasteiger partial charge >= 0.3 is 12.0 Å². The number of carboxylic acids is 1. The minimum Gasteiger partial charge on any atom is -0.480 e. The molecule has 2 amide bonds. The van der Waals surface area contributed by atoms with E-state index in [-0.39, 0.29) is 18.0 Å². The van der Waals surface area contributed by atoms with Gasteiger partial charge in [0.2, 0.25) is 0 Å². The monoisotopic (exact) mass is 296 g/mol. The lowest BCUT2D eigenvalue weighted by molar-refractivity contribution is -0.142. The molecule has 3 aliphatic rings. The van der Waals surface area contributed by atoms with E-state index in [0.29, 0.717) is 25.0 Å². The molecule has 3 rings (SSSR count). The summed E-state index contributed by atoms with van der Waals surface area (Å²) >= 11 is 0. The Morgan fingerprint density at radius 1 is 1.33 bits per heavy atom. The highest BCUT2D eigenvalue weighted by atomic mass is 16.5. The quantitative estimate of drug-likeness (QED) is 0.823. The fourth-order valence-electron chi connectivity index (χ4n) is 4.17. The molecular weight excluding hydrogens is 272 g/mol. The van der Waals surface area contributed by atoms with Crippen molar-refractivity contribution in [2.45, 2.75) is 44.7 Å². The zero-order valence-corrected chi connectivity index (χ0v) is 12.5. The Labute approximate surface area is 124 Å². The van der Waals surface area contributed by atoms with E-state index in [0.717, 1.165) is 32.3 Å². The van der Waals surface area contributed by atoms with Crippen LogP contribution in [0.15, 0.2) is 0 Å². The fraction of sp³-hybridized carbons (Fsp3) is 0.867. The van der Waals surface area contributed by atoms with Gasteiger partial charge in [0.1, 0.15) is 6.04 Å². The number of carboxylic acid groups (broad SMARTS) is 1. The van der Waals surface area contributed by atoms with E-state index in [2.05, 4.69) is 5.32 Å². The molecule has 118 valence electrons. The van der Waals surface area contributed by atoms with Crippen LogP contribution in [0.1, 0.15) is 32.6 Å². The predicted molar refractivity (Wildman–Crippen MR) is 75.9 cm³/mol. The molecule has 1 aliphatic carbocycles. The summed E-state index contributed by atoms with van der Waals surface area (Å²) in [4.78, 5) is 25.6. The molecule has 0 radical (unpaired) electrons. The number of urea groups is 1. The second-order valence-corrected chi connectivity index (χ2v) is 6.65. The molecular formula is C15H24N2O4. The van der Waals surface area contributed by atoms with Crippen molar-refractivity contribution in [3.8, 4) is 0 Å². The Kier molecular flexibility index (Phi) is 4.06. The summed E-state index contributed by atoms with van der Waals surface area (Å²) in [5, 5.41) is 12.5. The minimum absolute atomic E-state index is 0.0230. The third-order valence-corrected chi connectivity index (χ3v) is 5.43. The van der Waals surface area contributed by atoms with Crippen LogP contribution in [0.4, 0.5) is 4.79 Å². The molecule has 3 fully saturated rings. The molecule has 5 unspecified atom stereocenters. The number of ether oxygens (including phenoxy) is 1. The lowest BCUT2D eigenvalue weighted by atomic mass is 9.94. The number of likely N-dealkylation sites (tertiary alicyclic amines) is 1. The maximum absolute atomic E-state index is 12.5. The van der Waals surface area contributed by atoms with Gasteiger partial charge < -0.3 is 20.1 Å². The van der Waals surface area contributed by atoms with Crippen LogP contribution < -0.4 is 5.32 Å². The predicted octanol–water partition coefficient (Wildman–Crippen LogP) is 1.31. The summed E-state index contributed by atoms with van der Waals surface area (Å²) < 4.78 is 5.35. The van der Waals surface area contributed by atoms with Crippen LogP contribution in [0, 0.1) is 17.8 Å². The molecule has 0 spiro atoms. The van der Waals surface area contributed by atoms with Crippen molar-refractivity contribution in [1.29, 1.82) is 0 Å². The molecule has 2 N–H and O–H groups in total. The minimum atomic E-state index is -0.864. The van der Waals surface area contributed by atoms with Crippen molar-refractivity contribution in [3.63, 3.8) is 0 Å². The second kappa shape index (κ2) is 5.83. The van der Waals surface area contributed by atoms with Crippen molar-refractivity contribution >= 4 is 12.0 Å². The van der Waals surface area contributed by atoms with Crippen molar-refractivity contribution in [3.05, 3.63) is 0 Å². The third kappa shape index (κ3) is 2.73. The van der Waals surface area contributed by atoms with E-state index in [1.165, 1.54) is 0 Å². The normalized spacial score (nSPS) is 36.5. The van der Waals surface area contributed by atoms with E-state index in [9.17, 15) is 14.7 Å². The molecule has 21 heavy (non-hydrogen) atoms. The highest BCUT2D eigenvalue weighted by Crippen LogP contribution is 2.42. The number of fused-ring (bicyclic) bond motifs is 1.